The largest absolute Gasteiger partial charge is 0.481 e. The van der Waals surface area contributed by atoms with Gasteiger partial charge in [0.25, 0.3) is 5.69 Å². The number of halogens is 1. The van der Waals surface area contributed by atoms with Gasteiger partial charge in [-0.1, -0.05) is 20.8 Å². The summed E-state index contributed by atoms with van der Waals surface area (Å²) in [4.78, 5) is 20.7. The molecule has 0 fully saturated rings. The van der Waals surface area contributed by atoms with Crippen molar-refractivity contribution in [1.82, 2.24) is 0 Å². The van der Waals surface area contributed by atoms with E-state index in [0.717, 1.165) is 6.07 Å². The fourth-order valence-corrected chi connectivity index (χ4v) is 1.67. The molecule has 0 aliphatic carbocycles. The molecule has 0 heterocycles. The zero-order chi connectivity index (χ0) is 15.5. The number of nitro benzene ring substituents is 1. The number of rotatable bonds is 5. The SMILES string of the molecule is CC(C)(C)C(CC(=O)O)Nc1ccc([N+](=O)[O-])cc1F. The third kappa shape index (κ3) is 4.18. The zero-order valence-corrected chi connectivity index (χ0v) is 11.5. The van der Waals surface area contributed by atoms with Crippen molar-refractivity contribution in [3.05, 3.63) is 34.1 Å². The summed E-state index contributed by atoms with van der Waals surface area (Å²) in [6.45, 7) is 5.49. The van der Waals surface area contributed by atoms with Gasteiger partial charge in [-0.15, -0.1) is 0 Å². The number of aliphatic carboxylic acids is 1. The Morgan fingerprint density at radius 1 is 1.50 bits per heavy atom. The molecule has 1 atom stereocenters. The normalized spacial score (nSPS) is 12.8. The molecule has 0 saturated carbocycles. The Balaban J connectivity index is 3.00. The minimum atomic E-state index is -1.00. The maximum absolute atomic E-state index is 13.8. The number of nitro groups is 1. The third-order valence-corrected chi connectivity index (χ3v) is 2.92. The Bertz CT molecular complexity index is 526. The molecule has 1 aromatic carbocycles. The minimum Gasteiger partial charge on any atom is -0.481 e. The molecule has 0 bridgehead atoms. The first-order valence-corrected chi connectivity index (χ1v) is 6.03. The summed E-state index contributed by atoms with van der Waals surface area (Å²) >= 11 is 0. The van der Waals surface area contributed by atoms with E-state index in [1.165, 1.54) is 12.1 Å². The monoisotopic (exact) mass is 284 g/mol. The molecule has 1 aromatic rings. The molecule has 110 valence electrons. The summed E-state index contributed by atoms with van der Waals surface area (Å²) in [5, 5.41) is 22.2. The highest BCUT2D eigenvalue weighted by Gasteiger charge is 2.27. The maximum Gasteiger partial charge on any atom is 0.305 e. The van der Waals surface area contributed by atoms with E-state index >= 15 is 0 Å². The van der Waals surface area contributed by atoms with Crippen LogP contribution in [0.2, 0.25) is 0 Å². The molecule has 6 nitrogen and oxygen atoms in total. The molecule has 0 saturated heterocycles. The van der Waals surface area contributed by atoms with Crippen LogP contribution >= 0.6 is 0 Å². The topological polar surface area (TPSA) is 92.5 Å². The number of non-ortho nitro benzene ring substituents is 1. The molecule has 0 aliphatic heterocycles. The maximum atomic E-state index is 13.8. The average molecular weight is 284 g/mol. The minimum absolute atomic E-state index is 0.0526. The smallest absolute Gasteiger partial charge is 0.305 e. The van der Waals surface area contributed by atoms with Gasteiger partial charge >= 0.3 is 5.97 Å². The first kappa shape index (κ1) is 15.9. The Kier molecular flexibility index (Phi) is 4.65. The van der Waals surface area contributed by atoms with Crippen molar-refractivity contribution in [3.8, 4) is 0 Å². The lowest BCUT2D eigenvalue weighted by atomic mass is 9.84. The Morgan fingerprint density at radius 3 is 2.50 bits per heavy atom. The molecule has 2 N–H and O–H groups in total. The molecule has 1 unspecified atom stereocenters. The number of hydrogen-bond acceptors (Lipinski definition) is 4. The number of anilines is 1. The van der Waals surface area contributed by atoms with Crippen LogP contribution in [0.3, 0.4) is 0 Å². The van der Waals surface area contributed by atoms with E-state index in [9.17, 15) is 19.3 Å². The van der Waals surface area contributed by atoms with Crippen LogP contribution in [0.5, 0.6) is 0 Å². The Hall–Kier alpha value is -2.18. The van der Waals surface area contributed by atoms with Crippen molar-refractivity contribution < 1.29 is 19.2 Å². The number of carbonyl (C=O) groups is 1. The Labute approximate surface area is 115 Å². The fraction of sp³-hybridized carbons (Fsp3) is 0.462. The molecule has 20 heavy (non-hydrogen) atoms. The summed E-state index contributed by atoms with van der Waals surface area (Å²) < 4.78 is 13.8. The fourth-order valence-electron chi connectivity index (χ4n) is 1.67. The molecule has 7 heteroatoms. The van der Waals surface area contributed by atoms with E-state index in [2.05, 4.69) is 5.32 Å². The number of carboxylic acid groups (broad SMARTS) is 1. The summed E-state index contributed by atoms with van der Waals surface area (Å²) in [5.41, 5.74) is -0.706. The first-order valence-electron chi connectivity index (χ1n) is 6.03. The van der Waals surface area contributed by atoms with E-state index in [0.29, 0.717) is 0 Å². The van der Waals surface area contributed by atoms with Crippen LogP contribution < -0.4 is 5.32 Å². The zero-order valence-electron chi connectivity index (χ0n) is 11.5. The number of hydrogen-bond donors (Lipinski definition) is 2. The van der Waals surface area contributed by atoms with E-state index in [1.54, 1.807) is 0 Å². The molecule has 1 rings (SSSR count). The molecule has 0 aliphatic rings. The van der Waals surface area contributed by atoms with Crippen LogP contribution in [0.1, 0.15) is 27.2 Å². The highest BCUT2D eigenvalue weighted by atomic mass is 19.1. The number of nitrogens with one attached hydrogen (secondary N) is 1. The van der Waals surface area contributed by atoms with Gasteiger partial charge in [-0.25, -0.2) is 4.39 Å². The van der Waals surface area contributed by atoms with Crippen LogP contribution in [-0.4, -0.2) is 22.0 Å². The van der Waals surface area contributed by atoms with Gasteiger partial charge in [0.15, 0.2) is 5.82 Å². The van der Waals surface area contributed by atoms with Crippen molar-refractivity contribution in [2.45, 2.75) is 33.2 Å². The second-order valence-corrected chi connectivity index (χ2v) is 5.58. The molecule has 0 radical (unpaired) electrons. The van der Waals surface area contributed by atoms with Crippen LogP contribution in [0.15, 0.2) is 18.2 Å². The van der Waals surface area contributed by atoms with E-state index < -0.39 is 28.2 Å². The van der Waals surface area contributed by atoms with Crippen molar-refractivity contribution in [2.75, 3.05) is 5.32 Å². The van der Waals surface area contributed by atoms with Crippen molar-refractivity contribution in [3.63, 3.8) is 0 Å². The molecular formula is C13H17FN2O4. The van der Waals surface area contributed by atoms with Gasteiger partial charge in [0.1, 0.15) is 0 Å². The van der Waals surface area contributed by atoms with E-state index in [1.807, 2.05) is 20.8 Å². The van der Waals surface area contributed by atoms with Gasteiger partial charge in [0.05, 0.1) is 23.1 Å². The van der Waals surface area contributed by atoms with Crippen LogP contribution in [0.25, 0.3) is 0 Å². The van der Waals surface area contributed by atoms with Crippen molar-refractivity contribution >= 4 is 17.3 Å². The molecular weight excluding hydrogens is 267 g/mol. The highest BCUT2D eigenvalue weighted by molar-refractivity contribution is 5.68. The highest BCUT2D eigenvalue weighted by Crippen LogP contribution is 2.28. The summed E-state index contributed by atoms with van der Waals surface area (Å²) in [7, 11) is 0. The lowest BCUT2D eigenvalue weighted by molar-refractivity contribution is -0.385. The van der Waals surface area contributed by atoms with Crippen LogP contribution in [0, 0.1) is 21.3 Å². The second-order valence-electron chi connectivity index (χ2n) is 5.58. The predicted molar refractivity (Wildman–Crippen MR) is 72.2 cm³/mol. The van der Waals surface area contributed by atoms with Crippen LogP contribution in [0.4, 0.5) is 15.8 Å². The number of benzene rings is 1. The predicted octanol–water partition coefficient (Wildman–Crippen LogP) is 3.04. The second kappa shape index (κ2) is 5.85. The van der Waals surface area contributed by atoms with Crippen molar-refractivity contribution in [1.29, 1.82) is 0 Å². The molecule has 0 aromatic heterocycles. The van der Waals surface area contributed by atoms with Gasteiger partial charge in [-0.3, -0.25) is 14.9 Å². The van der Waals surface area contributed by atoms with Gasteiger partial charge in [-0.05, 0) is 11.5 Å². The van der Waals surface area contributed by atoms with Crippen LogP contribution in [-0.2, 0) is 4.79 Å². The number of carboxylic acids is 1. The van der Waals surface area contributed by atoms with Gasteiger partial charge < -0.3 is 10.4 Å². The lowest BCUT2D eigenvalue weighted by Gasteiger charge is -2.31. The van der Waals surface area contributed by atoms with Gasteiger partial charge in [0.2, 0.25) is 0 Å². The van der Waals surface area contributed by atoms with Crippen molar-refractivity contribution in [2.24, 2.45) is 5.41 Å². The number of nitrogens with zero attached hydrogens (tertiary/aromatic N) is 1. The van der Waals surface area contributed by atoms with Gasteiger partial charge in [0, 0.05) is 12.1 Å². The summed E-state index contributed by atoms with van der Waals surface area (Å²) in [5.74, 6) is -1.78. The summed E-state index contributed by atoms with van der Waals surface area (Å²) in [6, 6.07) is 2.72. The average Bonchev–Trinajstić information content (AvgIpc) is 2.28. The quantitative estimate of drug-likeness (QED) is 0.640. The first-order chi connectivity index (χ1) is 9.11. The third-order valence-electron chi connectivity index (χ3n) is 2.92. The van der Waals surface area contributed by atoms with E-state index in [4.69, 9.17) is 5.11 Å². The Morgan fingerprint density at radius 2 is 2.10 bits per heavy atom. The molecule has 0 amide bonds. The standard InChI is InChI=1S/C13H17FN2O4/c1-13(2,3)11(7-12(17)18)15-10-5-4-8(16(19)20)6-9(10)14/h4-6,11,15H,7H2,1-3H3,(H,17,18). The van der Waals surface area contributed by atoms with Gasteiger partial charge in [-0.2, -0.15) is 0 Å². The summed E-state index contributed by atoms with van der Waals surface area (Å²) in [6.07, 6.45) is -0.181. The molecule has 0 spiro atoms. The lowest BCUT2D eigenvalue weighted by Crippen LogP contribution is -2.36. The van der Waals surface area contributed by atoms with E-state index in [-0.39, 0.29) is 17.8 Å².